The minimum atomic E-state index is -1.23. The zero-order chi connectivity index (χ0) is 12.4. The molecule has 0 bridgehead atoms. The van der Waals surface area contributed by atoms with E-state index in [-0.39, 0.29) is 6.61 Å². The lowest BCUT2D eigenvalue weighted by atomic mass is 10.0. The van der Waals surface area contributed by atoms with Gasteiger partial charge in [-0.3, -0.25) is 0 Å². The normalized spacial score (nSPS) is 12.6. The highest BCUT2D eigenvalue weighted by atomic mass is 16.5. The van der Waals surface area contributed by atoms with E-state index in [0.717, 1.165) is 16.5 Å². The van der Waals surface area contributed by atoms with E-state index >= 15 is 0 Å². The van der Waals surface area contributed by atoms with Gasteiger partial charge in [0.1, 0.15) is 0 Å². The van der Waals surface area contributed by atoms with Gasteiger partial charge >= 0.3 is 5.97 Å². The second-order valence-electron chi connectivity index (χ2n) is 3.90. The molecule has 1 heterocycles. The molecule has 2 rings (SSSR count). The first-order valence-electron chi connectivity index (χ1n) is 5.56. The van der Waals surface area contributed by atoms with Crippen LogP contribution in [0.25, 0.3) is 10.9 Å². The van der Waals surface area contributed by atoms with Crippen molar-refractivity contribution in [1.82, 2.24) is 4.98 Å². The molecule has 1 aromatic heterocycles. The van der Waals surface area contributed by atoms with E-state index in [2.05, 4.69) is 4.98 Å². The van der Waals surface area contributed by atoms with Gasteiger partial charge in [-0.25, -0.2) is 4.79 Å². The average molecular weight is 233 g/mol. The van der Waals surface area contributed by atoms with Crippen LogP contribution in [-0.2, 0) is 9.53 Å². The molecule has 0 aliphatic carbocycles. The summed E-state index contributed by atoms with van der Waals surface area (Å²) in [7, 11) is 0. The van der Waals surface area contributed by atoms with Gasteiger partial charge < -0.3 is 14.8 Å². The van der Waals surface area contributed by atoms with Gasteiger partial charge in [0.05, 0.1) is 6.61 Å². The van der Waals surface area contributed by atoms with E-state index < -0.39 is 12.1 Å². The van der Waals surface area contributed by atoms with Crippen molar-refractivity contribution < 1.29 is 14.6 Å². The summed E-state index contributed by atoms with van der Waals surface area (Å²) in [5, 5.41) is 10.8. The Morgan fingerprint density at radius 2 is 2.29 bits per heavy atom. The fraction of sp³-hybridized carbons (Fsp3) is 0.308. The molecule has 90 valence electrons. The molecule has 0 spiro atoms. The first kappa shape index (κ1) is 11.7. The van der Waals surface area contributed by atoms with E-state index in [0.29, 0.717) is 5.56 Å². The number of hydrogen-bond donors (Lipinski definition) is 2. The van der Waals surface area contributed by atoms with Gasteiger partial charge in [-0.1, -0.05) is 12.1 Å². The molecule has 0 fully saturated rings. The molecule has 17 heavy (non-hydrogen) atoms. The van der Waals surface area contributed by atoms with Gasteiger partial charge in [-0.05, 0) is 25.5 Å². The van der Waals surface area contributed by atoms with E-state index in [1.54, 1.807) is 13.1 Å². The molecule has 2 aromatic rings. The summed E-state index contributed by atoms with van der Waals surface area (Å²) in [6, 6.07) is 5.77. The number of aromatic amines is 1. The molecule has 4 heteroatoms. The molecule has 0 radical (unpaired) electrons. The average Bonchev–Trinajstić information content (AvgIpc) is 2.73. The number of aryl methyl sites for hydroxylation is 1. The maximum absolute atomic E-state index is 11.5. The lowest BCUT2D eigenvalue weighted by Gasteiger charge is -2.09. The Kier molecular flexibility index (Phi) is 3.15. The van der Waals surface area contributed by atoms with Crippen LogP contribution in [0, 0.1) is 6.92 Å². The highest BCUT2D eigenvalue weighted by Gasteiger charge is 2.22. The summed E-state index contributed by atoms with van der Waals surface area (Å²) >= 11 is 0. The van der Waals surface area contributed by atoms with Crippen LogP contribution >= 0.6 is 0 Å². The molecule has 0 aliphatic rings. The monoisotopic (exact) mass is 233 g/mol. The Hall–Kier alpha value is -1.81. The van der Waals surface area contributed by atoms with Crippen molar-refractivity contribution in [1.29, 1.82) is 0 Å². The first-order chi connectivity index (χ1) is 8.15. The smallest absolute Gasteiger partial charge is 0.339 e. The quantitative estimate of drug-likeness (QED) is 0.798. The predicted molar refractivity (Wildman–Crippen MR) is 64.6 cm³/mol. The molecule has 1 unspecified atom stereocenters. The molecule has 0 amide bonds. The molecule has 2 N–H and O–H groups in total. The number of H-pyrrole nitrogens is 1. The zero-order valence-corrected chi connectivity index (χ0v) is 9.86. The van der Waals surface area contributed by atoms with Crippen LogP contribution in [-0.4, -0.2) is 22.7 Å². The number of rotatable bonds is 3. The van der Waals surface area contributed by atoms with Crippen LogP contribution in [0.15, 0.2) is 24.4 Å². The van der Waals surface area contributed by atoms with Crippen LogP contribution in [0.5, 0.6) is 0 Å². The number of benzene rings is 1. The third kappa shape index (κ3) is 2.03. The van der Waals surface area contributed by atoms with E-state index in [1.807, 2.05) is 25.1 Å². The van der Waals surface area contributed by atoms with Crippen LogP contribution in [0.2, 0.25) is 0 Å². The minimum Gasteiger partial charge on any atom is -0.464 e. The van der Waals surface area contributed by atoms with Crippen molar-refractivity contribution in [2.24, 2.45) is 0 Å². The van der Waals surface area contributed by atoms with Crippen molar-refractivity contribution in [2.45, 2.75) is 20.0 Å². The number of carbonyl (C=O) groups excluding carboxylic acids is 1. The van der Waals surface area contributed by atoms with Crippen LogP contribution in [0.3, 0.4) is 0 Å². The highest BCUT2D eigenvalue weighted by molar-refractivity contribution is 5.91. The number of esters is 1. The number of aliphatic hydroxyl groups is 1. The van der Waals surface area contributed by atoms with Crippen LogP contribution in [0.4, 0.5) is 0 Å². The summed E-state index contributed by atoms with van der Waals surface area (Å²) < 4.78 is 4.81. The summed E-state index contributed by atoms with van der Waals surface area (Å²) in [5.41, 5.74) is 2.49. The van der Waals surface area contributed by atoms with Crippen molar-refractivity contribution in [2.75, 3.05) is 6.61 Å². The van der Waals surface area contributed by atoms with Crippen LogP contribution < -0.4 is 0 Å². The third-order valence-electron chi connectivity index (χ3n) is 2.75. The Balaban J connectivity index is 2.45. The molecule has 0 saturated heterocycles. The summed E-state index contributed by atoms with van der Waals surface area (Å²) in [6.45, 7) is 3.92. The number of aromatic nitrogens is 1. The summed E-state index contributed by atoms with van der Waals surface area (Å²) in [5.74, 6) is -0.614. The second kappa shape index (κ2) is 4.59. The number of nitrogens with one attached hydrogen (secondary N) is 1. The number of hydrogen-bond acceptors (Lipinski definition) is 3. The Morgan fingerprint density at radius 3 is 3.00 bits per heavy atom. The molecule has 1 atom stereocenters. The van der Waals surface area contributed by atoms with Gasteiger partial charge in [0.15, 0.2) is 6.10 Å². The lowest BCUT2D eigenvalue weighted by Crippen LogP contribution is -2.15. The van der Waals surface area contributed by atoms with Crippen molar-refractivity contribution in [3.63, 3.8) is 0 Å². The second-order valence-corrected chi connectivity index (χ2v) is 3.90. The Bertz CT molecular complexity index is 545. The number of aliphatic hydroxyl groups excluding tert-OH is 1. The van der Waals surface area contributed by atoms with E-state index in [9.17, 15) is 9.90 Å². The van der Waals surface area contributed by atoms with Gasteiger partial charge in [0.2, 0.25) is 0 Å². The molecular weight excluding hydrogens is 218 g/mol. The highest BCUT2D eigenvalue weighted by Crippen LogP contribution is 2.27. The number of ether oxygens (including phenoxy) is 1. The van der Waals surface area contributed by atoms with Gasteiger partial charge in [0.25, 0.3) is 0 Å². The van der Waals surface area contributed by atoms with Crippen molar-refractivity contribution in [3.05, 3.63) is 35.5 Å². The maximum atomic E-state index is 11.5. The standard InChI is InChI=1S/C13H15NO3/c1-3-17-13(16)12(15)9-7-14-10-6-4-5-8(2)11(9)10/h4-7,12,14-15H,3H2,1-2H3. The van der Waals surface area contributed by atoms with Gasteiger partial charge in [0, 0.05) is 22.7 Å². The van der Waals surface area contributed by atoms with Crippen molar-refractivity contribution in [3.8, 4) is 0 Å². The Morgan fingerprint density at radius 1 is 1.53 bits per heavy atom. The molecule has 0 saturated carbocycles. The summed E-state index contributed by atoms with van der Waals surface area (Å²) in [6.07, 6.45) is 0.420. The SMILES string of the molecule is CCOC(=O)C(O)c1c[nH]c2cccc(C)c12. The maximum Gasteiger partial charge on any atom is 0.339 e. The third-order valence-corrected chi connectivity index (χ3v) is 2.75. The Labute approximate surface area is 99.2 Å². The predicted octanol–water partition coefficient (Wildman–Crippen LogP) is 2.07. The largest absolute Gasteiger partial charge is 0.464 e. The van der Waals surface area contributed by atoms with Gasteiger partial charge in [-0.15, -0.1) is 0 Å². The summed E-state index contributed by atoms with van der Waals surface area (Å²) in [4.78, 5) is 14.5. The molecule has 1 aromatic carbocycles. The molecule has 4 nitrogen and oxygen atoms in total. The zero-order valence-electron chi connectivity index (χ0n) is 9.86. The van der Waals surface area contributed by atoms with Crippen molar-refractivity contribution >= 4 is 16.9 Å². The number of fused-ring (bicyclic) bond motifs is 1. The topological polar surface area (TPSA) is 62.3 Å². The minimum absolute atomic E-state index is 0.261. The van der Waals surface area contributed by atoms with E-state index in [4.69, 9.17) is 4.74 Å². The lowest BCUT2D eigenvalue weighted by molar-refractivity contribution is -0.153. The molecule has 0 aliphatic heterocycles. The molecular formula is C13H15NO3. The van der Waals surface area contributed by atoms with Crippen LogP contribution in [0.1, 0.15) is 24.2 Å². The van der Waals surface area contributed by atoms with Gasteiger partial charge in [-0.2, -0.15) is 0 Å². The fourth-order valence-corrected chi connectivity index (χ4v) is 1.96. The fourth-order valence-electron chi connectivity index (χ4n) is 1.96. The first-order valence-corrected chi connectivity index (χ1v) is 5.56. The van der Waals surface area contributed by atoms with E-state index in [1.165, 1.54) is 0 Å². The number of carbonyl (C=O) groups is 1.